The number of fused-ring (bicyclic) bond motifs is 1. The van der Waals surface area contributed by atoms with Gasteiger partial charge in [0, 0.05) is 69.9 Å². The molecule has 0 N–H and O–H groups in total. The number of amides is 1. The number of hydrogen-bond acceptors (Lipinski definition) is 5. The molecular formula is C20H29N5O. The molecule has 6 heteroatoms. The summed E-state index contributed by atoms with van der Waals surface area (Å²) >= 11 is 0. The first-order chi connectivity index (χ1) is 12.8. The van der Waals surface area contributed by atoms with Crippen LogP contribution in [0.25, 0.3) is 0 Å². The molecule has 4 heterocycles. The van der Waals surface area contributed by atoms with Crippen LogP contribution in [0.2, 0.25) is 0 Å². The van der Waals surface area contributed by atoms with Crippen molar-refractivity contribution in [3.05, 3.63) is 18.1 Å². The fraction of sp³-hybridized carbons (Fsp3) is 0.750. The lowest BCUT2D eigenvalue weighted by molar-refractivity contribution is -0.133. The minimum absolute atomic E-state index is 0.358. The summed E-state index contributed by atoms with van der Waals surface area (Å²) in [6, 6.07) is 2.22. The van der Waals surface area contributed by atoms with E-state index in [0.717, 1.165) is 63.2 Å². The zero-order chi connectivity index (χ0) is 17.5. The molecule has 6 nitrogen and oxygen atoms in total. The normalized spacial score (nSPS) is 29.5. The van der Waals surface area contributed by atoms with Crippen molar-refractivity contribution in [2.75, 3.05) is 50.7 Å². The average Bonchev–Trinajstić information content (AvgIpc) is 3.33. The summed E-state index contributed by atoms with van der Waals surface area (Å²) in [4.78, 5) is 28.1. The number of nitrogens with zero attached hydrogens (tertiary/aromatic N) is 5. The summed E-state index contributed by atoms with van der Waals surface area (Å²) in [5.74, 6) is 3.66. The molecule has 1 aromatic rings. The largest absolute Gasteiger partial charge is 0.356 e. The number of hydrogen-bond donors (Lipinski definition) is 0. The van der Waals surface area contributed by atoms with Gasteiger partial charge in [0.25, 0.3) is 0 Å². The maximum Gasteiger partial charge on any atom is 0.222 e. The van der Waals surface area contributed by atoms with Gasteiger partial charge in [-0.1, -0.05) is 0 Å². The minimum Gasteiger partial charge on any atom is -0.356 e. The van der Waals surface area contributed by atoms with Gasteiger partial charge < -0.3 is 14.7 Å². The van der Waals surface area contributed by atoms with E-state index in [1.807, 2.05) is 0 Å². The van der Waals surface area contributed by atoms with E-state index in [0.29, 0.717) is 11.8 Å². The van der Waals surface area contributed by atoms with Crippen molar-refractivity contribution in [3.63, 3.8) is 0 Å². The second-order valence-corrected chi connectivity index (χ2v) is 8.60. The van der Waals surface area contributed by atoms with Crippen LogP contribution in [-0.4, -0.2) is 71.5 Å². The topological polar surface area (TPSA) is 52.6 Å². The molecule has 1 amide bonds. The Balaban J connectivity index is 1.14. The van der Waals surface area contributed by atoms with Crippen molar-refractivity contribution in [2.24, 2.45) is 11.8 Å². The fourth-order valence-electron chi connectivity index (χ4n) is 4.96. The van der Waals surface area contributed by atoms with Crippen LogP contribution >= 0.6 is 0 Å². The maximum absolute atomic E-state index is 12.0. The van der Waals surface area contributed by atoms with Gasteiger partial charge in [0.2, 0.25) is 5.91 Å². The van der Waals surface area contributed by atoms with Gasteiger partial charge in [-0.2, -0.15) is 0 Å². The van der Waals surface area contributed by atoms with E-state index < -0.39 is 0 Å². The number of piperidine rings is 1. The number of carbonyl (C=O) groups is 1. The van der Waals surface area contributed by atoms with E-state index in [4.69, 9.17) is 0 Å². The Hall–Kier alpha value is -1.69. The van der Waals surface area contributed by atoms with Crippen molar-refractivity contribution in [1.29, 1.82) is 0 Å². The monoisotopic (exact) mass is 355 g/mol. The number of anilines is 1. The van der Waals surface area contributed by atoms with Crippen LogP contribution in [0.3, 0.4) is 0 Å². The van der Waals surface area contributed by atoms with E-state index in [9.17, 15) is 4.79 Å². The summed E-state index contributed by atoms with van der Waals surface area (Å²) < 4.78 is 0. The van der Waals surface area contributed by atoms with E-state index in [-0.39, 0.29) is 0 Å². The molecule has 4 fully saturated rings. The third-order valence-electron chi connectivity index (χ3n) is 6.66. The third kappa shape index (κ3) is 3.31. The molecule has 0 bridgehead atoms. The number of aromatic nitrogens is 2. The van der Waals surface area contributed by atoms with E-state index in [1.165, 1.54) is 38.0 Å². The molecule has 2 atom stereocenters. The molecule has 5 rings (SSSR count). The van der Waals surface area contributed by atoms with Crippen molar-refractivity contribution < 1.29 is 4.79 Å². The quantitative estimate of drug-likeness (QED) is 0.805. The molecule has 0 radical (unpaired) electrons. The van der Waals surface area contributed by atoms with Gasteiger partial charge in [-0.05, 0) is 37.5 Å². The Morgan fingerprint density at radius 3 is 2.54 bits per heavy atom. The summed E-state index contributed by atoms with van der Waals surface area (Å²) in [5.41, 5.74) is 1.24. The number of rotatable bonds is 5. The molecule has 26 heavy (non-hydrogen) atoms. The van der Waals surface area contributed by atoms with Gasteiger partial charge >= 0.3 is 0 Å². The molecule has 3 aliphatic heterocycles. The summed E-state index contributed by atoms with van der Waals surface area (Å²) in [6.07, 6.45) is 7.33. The Kier molecular flexibility index (Phi) is 4.31. The molecule has 4 aliphatic rings. The van der Waals surface area contributed by atoms with Gasteiger partial charge in [0.1, 0.15) is 12.1 Å². The van der Waals surface area contributed by atoms with E-state index in [1.54, 1.807) is 6.33 Å². The van der Waals surface area contributed by atoms with Gasteiger partial charge in [0.15, 0.2) is 0 Å². The number of carbonyl (C=O) groups excluding carboxylic acids is 1. The van der Waals surface area contributed by atoms with Crippen molar-refractivity contribution in [1.82, 2.24) is 19.8 Å². The third-order valence-corrected chi connectivity index (χ3v) is 6.66. The van der Waals surface area contributed by atoms with Gasteiger partial charge in [-0.15, -0.1) is 0 Å². The molecular weight excluding hydrogens is 326 g/mol. The zero-order valence-electron chi connectivity index (χ0n) is 15.5. The van der Waals surface area contributed by atoms with Crippen LogP contribution in [0.1, 0.15) is 43.7 Å². The number of likely N-dealkylation sites (tertiary alicyclic amines) is 2. The predicted molar refractivity (Wildman–Crippen MR) is 100 cm³/mol. The average molecular weight is 355 g/mol. The van der Waals surface area contributed by atoms with Crippen LogP contribution in [0.15, 0.2) is 12.4 Å². The van der Waals surface area contributed by atoms with E-state index in [2.05, 4.69) is 30.7 Å². The highest BCUT2D eigenvalue weighted by Crippen LogP contribution is 2.40. The molecule has 140 valence electrons. The Morgan fingerprint density at radius 2 is 1.81 bits per heavy atom. The first kappa shape index (κ1) is 16.5. The van der Waals surface area contributed by atoms with Crippen LogP contribution in [-0.2, 0) is 4.79 Å². The van der Waals surface area contributed by atoms with Crippen LogP contribution in [0, 0.1) is 11.8 Å². The van der Waals surface area contributed by atoms with Gasteiger partial charge in [0.05, 0.1) is 0 Å². The molecule has 0 aromatic carbocycles. The summed E-state index contributed by atoms with van der Waals surface area (Å²) in [6.45, 7) is 7.49. The Morgan fingerprint density at radius 1 is 1.00 bits per heavy atom. The molecule has 0 spiro atoms. The predicted octanol–water partition coefficient (Wildman–Crippen LogP) is 1.73. The van der Waals surface area contributed by atoms with Crippen molar-refractivity contribution in [3.8, 4) is 0 Å². The van der Waals surface area contributed by atoms with Crippen LogP contribution in [0.4, 0.5) is 5.82 Å². The second-order valence-electron chi connectivity index (χ2n) is 8.60. The maximum atomic E-state index is 12.0. The zero-order valence-corrected chi connectivity index (χ0v) is 15.5. The molecule has 2 unspecified atom stereocenters. The molecule has 1 aliphatic carbocycles. The highest BCUT2D eigenvalue weighted by molar-refractivity contribution is 5.76. The highest BCUT2D eigenvalue weighted by Gasteiger charge is 2.40. The van der Waals surface area contributed by atoms with E-state index >= 15 is 0 Å². The standard InChI is InChI=1S/C20H29N5O/c26-20-3-1-2-6-24(20)8-7-23-10-16-12-25(13-17(16)11-23)19-9-18(15-4-5-15)21-14-22-19/h9,14-17H,1-8,10-13H2. The van der Waals surface area contributed by atoms with Crippen LogP contribution in [0.5, 0.6) is 0 Å². The van der Waals surface area contributed by atoms with Gasteiger partial charge in [-0.25, -0.2) is 9.97 Å². The minimum atomic E-state index is 0.358. The summed E-state index contributed by atoms with van der Waals surface area (Å²) in [7, 11) is 0. The lowest BCUT2D eigenvalue weighted by Gasteiger charge is -2.29. The molecule has 1 aromatic heterocycles. The first-order valence-corrected chi connectivity index (χ1v) is 10.3. The first-order valence-electron chi connectivity index (χ1n) is 10.3. The lowest BCUT2D eigenvalue weighted by Crippen LogP contribution is -2.41. The SMILES string of the molecule is O=C1CCCCN1CCN1CC2CN(c3cc(C4CC4)ncn3)CC2C1. The van der Waals surface area contributed by atoms with Crippen molar-refractivity contribution >= 4 is 11.7 Å². The van der Waals surface area contributed by atoms with Gasteiger partial charge in [-0.3, -0.25) is 4.79 Å². The fourth-order valence-corrected chi connectivity index (χ4v) is 4.96. The second kappa shape index (κ2) is 6.80. The van der Waals surface area contributed by atoms with Crippen molar-refractivity contribution in [2.45, 2.75) is 38.0 Å². The molecule has 1 saturated carbocycles. The Bertz CT molecular complexity index is 662. The Labute approximate surface area is 155 Å². The molecule has 3 saturated heterocycles. The lowest BCUT2D eigenvalue weighted by atomic mass is 10.0. The summed E-state index contributed by atoms with van der Waals surface area (Å²) in [5, 5.41) is 0. The highest BCUT2D eigenvalue weighted by atomic mass is 16.2. The smallest absolute Gasteiger partial charge is 0.222 e. The van der Waals surface area contributed by atoms with Crippen LogP contribution < -0.4 is 4.90 Å².